The van der Waals surface area contributed by atoms with Crippen molar-refractivity contribution in [1.82, 2.24) is 0 Å². The van der Waals surface area contributed by atoms with Gasteiger partial charge in [-0.3, -0.25) is 4.79 Å². The average Bonchev–Trinajstić information content (AvgIpc) is 2.11. The molecule has 0 heterocycles. The molecular formula is C10H11BrFNO. The number of primary amides is 1. The number of alkyl halides is 1. The first kappa shape index (κ1) is 11.2. The smallest absolute Gasteiger partial charge is 0.231 e. The molecule has 0 fully saturated rings. The molecule has 1 unspecified atom stereocenters. The van der Waals surface area contributed by atoms with Crippen LogP contribution < -0.4 is 5.73 Å². The molecule has 0 radical (unpaired) electrons. The SMILES string of the molecule is Cc1cccc(F)c1CC(Br)C(N)=O. The molecule has 4 heteroatoms. The van der Waals surface area contributed by atoms with Gasteiger partial charge in [0.15, 0.2) is 0 Å². The number of amides is 1. The third kappa shape index (κ3) is 2.54. The van der Waals surface area contributed by atoms with Crippen LogP contribution in [0.2, 0.25) is 0 Å². The van der Waals surface area contributed by atoms with E-state index < -0.39 is 10.7 Å². The Labute approximate surface area is 90.4 Å². The Bertz CT molecular complexity index is 334. The molecule has 1 aromatic carbocycles. The molecule has 1 rings (SSSR count). The summed E-state index contributed by atoms with van der Waals surface area (Å²) in [6, 6.07) is 4.82. The topological polar surface area (TPSA) is 43.1 Å². The van der Waals surface area contributed by atoms with E-state index in [1.807, 2.05) is 0 Å². The largest absolute Gasteiger partial charge is 0.369 e. The monoisotopic (exact) mass is 259 g/mol. The molecule has 1 atom stereocenters. The van der Waals surface area contributed by atoms with Gasteiger partial charge < -0.3 is 5.73 Å². The molecule has 0 aliphatic rings. The van der Waals surface area contributed by atoms with E-state index in [9.17, 15) is 9.18 Å². The molecule has 0 aliphatic carbocycles. The molecule has 2 nitrogen and oxygen atoms in total. The fraction of sp³-hybridized carbons (Fsp3) is 0.300. The van der Waals surface area contributed by atoms with Crippen LogP contribution in [0.4, 0.5) is 4.39 Å². The minimum atomic E-state index is -0.516. The minimum Gasteiger partial charge on any atom is -0.369 e. The van der Waals surface area contributed by atoms with Crippen LogP contribution in [0.15, 0.2) is 18.2 Å². The van der Waals surface area contributed by atoms with Crippen molar-refractivity contribution in [2.45, 2.75) is 18.2 Å². The summed E-state index contributed by atoms with van der Waals surface area (Å²) in [4.78, 5) is 10.3. The van der Waals surface area contributed by atoms with Gasteiger partial charge in [0.2, 0.25) is 5.91 Å². The van der Waals surface area contributed by atoms with Gasteiger partial charge in [0, 0.05) is 0 Å². The maximum Gasteiger partial charge on any atom is 0.231 e. The summed E-state index contributed by atoms with van der Waals surface area (Å²) in [6.45, 7) is 1.80. The van der Waals surface area contributed by atoms with Gasteiger partial charge in [0.1, 0.15) is 5.82 Å². The lowest BCUT2D eigenvalue weighted by atomic mass is 10.0. The molecule has 1 aromatic rings. The van der Waals surface area contributed by atoms with Gasteiger partial charge in [0.05, 0.1) is 4.83 Å². The van der Waals surface area contributed by atoms with Crippen molar-refractivity contribution in [2.24, 2.45) is 5.73 Å². The highest BCUT2D eigenvalue weighted by molar-refractivity contribution is 9.10. The number of aryl methyl sites for hydroxylation is 1. The number of carbonyl (C=O) groups is 1. The highest BCUT2D eigenvalue weighted by Gasteiger charge is 2.15. The third-order valence-corrected chi connectivity index (χ3v) is 2.82. The van der Waals surface area contributed by atoms with Crippen molar-refractivity contribution >= 4 is 21.8 Å². The van der Waals surface area contributed by atoms with Gasteiger partial charge in [0.25, 0.3) is 0 Å². The van der Waals surface area contributed by atoms with Crippen LogP contribution in [0.3, 0.4) is 0 Å². The first-order valence-corrected chi connectivity index (χ1v) is 5.11. The number of halogens is 2. The van der Waals surface area contributed by atoms with Crippen molar-refractivity contribution in [3.05, 3.63) is 35.1 Å². The third-order valence-electron chi connectivity index (χ3n) is 2.05. The molecule has 0 aliphatic heterocycles. The normalized spacial score (nSPS) is 12.5. The second-order valence-electron chi connectivity index (χ2n) is 3.11. The van der Waals surface area contributed by atoms with E-state index in [1.165, 1.54) is 6.07 Å². The Balaban J connectivity index is 2.91. The summed E-state index contributed by atoms with van der Waals surface area (Å²) >= 11 is 3.11. The quantitative estimate of drug-likeness (QED) is 0.829. The second kappa shape index (κ2) is 4.55. The van der Waals surface area contributed by atoms with Crippen LogP contribution in [-0.2, 0) is 11.2 Å². The lowest BCUT2D eigenvalue weighted by molar-refractivity contribution is -0.117. The highest BCUT2D eigenvalue weighted by atomic mass is 79.9. The molecule has 0 spiro atoms. The van der Waals surface area contributed by atoms with Crippen LogP contribution in [0.1, 0.15) is 11.1 Å². The molecule has 14 heavy (non-hydrogen) atoms. The van der Waals surface area contributed by atoms with Crippen molar-refractivity contribution in [1.29, 1.82) is 0 Å². The number of carbonyl (C=O) groups excluding carboxylic acids is 1. The van der Waals surface area contributed by atoms with E-state index in [1.54, 1.807) is 19.1 Å². The Morgan fingerprint density at radius 2 is 2.29 bits per heavy atom. The second-order valence-corrected chi connectivity index (χ2v) is 4.21. The molecule has 0 saturated heterocycles. The van der Waals surface area contributed by atoms with Gasteiger partial charge in [-0.1, -0.05) is 28.1 Å². The summed E-state index contributed by atoms with van der Waals surface area (Å²) in [5.41, 5.74) is 6.44. The molecule has 0 saturated carbocycles. The lowest BCUT2D eigenvalue weighted by Gasteiger charge is -2.09. The Morgan fingerprint density at radius 1 is 1.64 bits per heavy atom. The maximum absolute atomic E-state index is 13.3. The van der Waals surface area contributed by atoms with Crippen molar-refractivity contribution in [3.8, 4) is 0 Å². The molecule has 76 valence electrons. The zero-order chi connectivity index (χ0) is 10.7. The standard InChI is InChI=1S/C10H11BrFNO/c1-6-3-2-4-9(12)7(6)5-8(11)10(13)14/h2-4,8H,5H2,1H3,(H2,13,14). The summed E-state index contributed by atoms with van der Waals surface area (Å²) in [7, 11) is 0. The molecule has 2 N–H and O–H groups in total. The zero-order valence-electron chi connectivity index (χ0n) is 7.76. The minimum absolute atomic E-state index is 0.286. The van der Waals surface area contributed by atoms with E-state index in [0.717, 1.165) is 5.56 Å². The van der Waals surface area contributed by atoms with Gasteiger partial charge >= 0.3 is 0 Å². The van der Waals surface area contributed by atoms with Crippen LogP contribution in [0.25, 0.3) is 0 Å². The van der Waals surface area contributed by atoms with Gasteiger partial charge in [-0.2, -0.15) is 0 Å². The number of nitrogens with two attached hydrogens (primary N) is 1. The fourth-order valence-electron chi connectivity index (χ4n) is 1.20. The summed E-state index contributed by atoms with van der Waals surface area (Å²) in [5.74, 6) is -0.775. The van der Waals surface area contributed by atoms with E-state index in [-0.39, 0.29) is 12.2 Å². The Morgan fingerprint density at radius 3 is 2.79 bits per heavy atom. The number of benzene rings is 1. The van der Waals surface area contributed by atoms with Crippen molar-refractivity contribution in [2.75, 3.05) is 0 Å². The number of hydrogen-bond acceptors (Lipinski definition) is 1. The predicted octanol–water partition coefficient (Wildman–Crippen LogP) is 1.93. The van der Waals surface area contributed by atoms with Crippen LogP contribution >= 0.6 is 15.9 Å². The van der Waals surface area contributed by atoms with Gasteiger partial charge in [-0.05, 0) is 30.5 Å². The summed E-state index contributed by atoms with van der Waals surface area (Å²) in [5, 5.41) is 0. The number of rotatable bonds is 3. The van der Waals surface area contributed by atoms with E-state index in [2.05, 4.69) is 15.9 Å². The van der Waals surface area contributed by atoms with Gasteiger partial charge in [-0.15, -0.1) is 0 Å². The Hall–Kier alpha value is -0.900. The first-order valence-electron chi connectivity index (χ1n) is 4.19. The van der Waals surface area contributed by atoms with Crippen LogP contribution in [0, 0.1) is 12.7 Å². The molecule has 1 amide bonds. The molecular weight excluding hydrogens is 249 g/mol. The Kier molecular flexibility index (Phi) is 3.63. The molecule has 0 bridgehead atoms. The van der Waals surface area contributed by atoms with E-state index in [0.29, 0.717) is 5.56 Å². The predicted molar refractivity (Wildman–Crippen MR) is 56.8 cm³/mol. The van der Waals surface area contributed by atoms with Crippen molar-refractivity contribution < 1.29 is 9.18 Å². The van der Waals surface area contributed by atoms with Crippen LogP contribution in [-0.4, -0.2) is 10.7 Å². The first-order chi connectivity index (χ1) is 6.52. The highest BCUT2D eigenvalue weighted by Crippen LogP contribution is 2.17. The number of hydrogen-bond donors (Lipinski definition) is 1. The van der Waals surface area contributed by atoms with Gasteiger partial charge in [-0.25, -0.2) is 4.39 Å². The van der Waals surface area contributed by atoms with Crippen LogP contribution in [0.5, 0.6) is 0 Å². The summed E-state index contributed by atoms with van der Waals surface area (Å²) < 4.78 is 13.3. The average molecular weight is 260 g/mol. The lowest BCUT2D eigenvalue weighted by Crippen LogP contribution is -2.25. The fourth-order valence-corrected chi connectivity index (χ4v) is 1.53. The maximum atomic E-state index is 13.3. The molecule has 0 aromatic heterocycles. The van der Waals surface area contributed by atoms with E-state index >= 15 is 0 Å². The summed E-state index contributed by atoms with van der Waals surface area (Å²) in [6.07, 6.45) is 0.286. The zero-order valence-corrected chi connectivity index (χ0v) is 9.34. The van der Waals surface area contributed by atoms with E-state index in [4.69, 9.17) is 5.73 Å². The van der Waals surface area contributed by atoms with Crippen molar-refractivity contribution in [3.63, 3.8) is 0 Å².